The standard InChI is InChI=1S/C7H8N2/c1-2-5-9-6-4-8-7(9)3-1/h1,3-4,6H,2,5H2. The number of hydrogen-bond donors (Lipinski definition) is 0. The molecule has 2 nitrogen and oxygen atoms in total. The first kappa shape index (κ1) is 4.79. The summed E-state index contributed by atoms with van der Waals surface area (Å²) in [6.07, 6.45) is 9.21. The summed E-state index contributed by atoms with van der Waals surface area (Å²) >= 11 is 0. The van der Waals surface area contributed by atoms with Crippen molar-refractivity contribution >= 4 is 6.08 Å². The zero-order valence-electron chi connectivity index (χ0n) is 5.12. The zero-order valence-corrected chi connectivity index (χ0v) is 5.12. The first-order valence-corrected chi connectivity index (χ1v) is 3.14. The van der Waals surface area contributed by atoms with Crippen LogP contribution in [0.1, 0.15) is 12.2 Å². The van der Waals surface area contributed by atoms with Crippen LogP contribution < -0.4 is 0 Å². The highest BCUT2D eigenvalue weighted by Crippen LogP contribution is 2.07. The van der Waals surface area contributed by atoms with E-state index in [1.807, 2.05) is 12.4 Å². The monoisotopic (exact) mass is 120 g/mol. The minimum Gasteiger partial charge on any atom is -0.331 e. The highest BCUT2D eigenvalue weighted by atomic mass is 15.1. The molecule has 2 rings (SSSR count). The molecule has 0 aromatic carbocycles. The second kappa shape index (κ2) is 1.72. The predicted octanol–water partition coefficient (Wildman–Crippen LogP) is 1.30. The number of imidazole rings is 1. The third kappa shape index (κ3) is 0.669. The smallest absolute Gasteiger partial charge is 0.132 e. The minimum absolute atomic E-state index is 1.08. The summed E-state index contributed by atoms with van der Waals surface area (Å²) in [6, 6.07) is 0. The Bertz CT molecular complexity index is 235. The van der Waals surface area contributed by atoms with Crippen molar-refractivity contribution in [3.63, 3.8) is 0 Å². The van der Waals surface area contributed by atoms with Gasteiger partial charge in [-0.2, -0.15) is 0 Å². The second-order valence-corrected chi connectivity index (χ2v) is 2.17. The van der Waals surface area contributed by atoms with Crippen LogP contribution in [0.2, 0.25) is 0 Å². The highest BCUT2D eigenvalue weighted by molar-refractivity contribution is 5.41. The molecule has 0 saturated heterocycles. The fourth-order valence-electron chi connectivity index (χ4n) is 1.07. The molecule has 0 amide bonds. The van der Waals surface area contributed by atoms with Gasteiger partial charge in [-0.3, -0.25) is 0 Å². The Labute approximate surface area is 53.8 Å². The van der Waals surface area contributed by atoms with E-state index in [-0.39, 0.29) is 0 Å². The number of allylic oxidation sites excluding steroid dienone is 1. The summed E-state index contributed by atoms with van der Waals surface area (Å²) in [4.78, 5) is 4.13. The maximum atomic E-state index is 4.13. The van der Waals surface area contributed by atoms with Crippen LogP contribution in [0.4, 0.5) is 0 Å². The number of fused-ring (bicyclic) bond motifs is 1. The second-order valence-electron chi connectivity index (χ2n) is 2.17. The van der Waals surface area contributed by atoms with E-state index >= 15 is 0 Å². The van der Waals surface area contributed by atoms with Crippen molar-refractivity contribution in [1.82, 2.24) is 9.55 Å². The third-order valence-corrected chi connectivity index (χ3v) is 1.55. The first-order valence-electron chi connectivity index (χ1n) is 3.14. The van der Waals surface area contributed by atoms with E-state index in [1.165, 1.54) is 0 Å². The van der Waals surface area contributed by atoms with E-state index in [9.17, 15) is 0 Å². The lowest BCUT2D eigenvalue weighted by atomic mass is 10.3. The van der Waals surface area contributed by atoms with Crippen LogP contribution >= 0.6 is 0 Å². The Morgan fingerprint density at radius 3 is 3.44 bits per heavy atom. The summed E-state index contributed by atoms with van der Waals surface area (Å²) in [5.74, 6) is 1.08. The minimum atomic E-state index is 1.08. The van der Waals surface area contributed by atoms with Gasteiger partial charge in [-0.05, 0) is 12.5 Å². The van der Waals surface area contributed by atoms with Crippen LogP contribution in [-0.2, 0) is 6.54 Å². The Morgan fingerprint density at radius 2 is 2.56 bits per heavy atom. The summed E-state index contributed by atoms with van der Waals surface area (Å²) in [5.41, 5.74) is 0. The van der Waals surface area contributed by atoms with E-state index in [0.717, 1.165) is 18.8 Å². The molecule has 1 aromatic rings. The van der Waals surface area contributed by atoms with Crippen LogP contribution in [0.5, 0.6) is 0 Å². The van der Waals surface area contributed by atoms with Crippen LogP contribution in [0.15, 0.2) is 18.5 Å². The number of aryl methyl sites for hydroxylation is 1. The lowest BCUT2D eigenvalue weighted by Gasteiger charge is -2.05. The van der Waals surface area contributed by atoms with Crippen LogP contribution in [-0.4, -0.2) is 9.55 Å². The van der Waals surface area contributed by atoms with Gasteiger partial charge in [-0.15, -0.1) is 0 Å². The van der Waals surface area contributed by atoms with Crippen molar-refractivity contribution in [2.24, 2.45) is 0 Å². The Hall–Kier alpha value is -1.05. The molecule has 9 heavy (non-hydrogen) atoms. The summed E-state index contributed by atoms with van der Waals surface area (Å²) in [5, 5.41) is 0. The van der Waals surface area contributed by atoms with Gasteiger partial charge in [0.05, 0.1) is 0 Å². The van der Waals surface area contributed by atoms with Gasteiger partial charge >= 0.3 is 0 Å². The van der Waals surface area contributed by atoms with Gasteiger partial charge in [0.25, 0.3) is 0 Å². The zero-order chi connectivity index (χ0) is 6.10. The normalized spacial score (nSPS) is 15.6. The maximum Gasteiger partial charge on any atom is 0.132 e. The molecule has 1 aliphatic heterocycles. The lowest BCUT2D eigenvalue weighted by Crippen LogP contribution is -2.01. The molecule has 46 valence electrons. The average Bonchev–Trinajstić information content (AvgIpc) is 2.33. The molecular weight excluding hydrogens is 112 g/mol. The number of hydrogen-bond acceptors (Lipinski definition) is 1. The molecule has 2 heteroatoms. The summed E-state index contributed by atoms with van der Waals surface area (Å²) in [6.45, 7) is 1.09. The number of nitrogens with zero attached hydrogens (tertiary/aromatic N) is 2. The highest BCUT2D eigenvalue weighted by Gasteiger charge is 2.00. The molecule has 0 radical (unpaired) electrons. The van der Waals surface area contributed by atoms with Crippen LogP contribution in [0.3, 0.4) is 0 Å². The molecule has 0 saturated carbocycles. The Balaban J connectivity index is 2.53. The van der Waals surface area contributed by atoms with Gasteiger partial charge in [0.1, 0.15) is 5.82 Å². The number of rotatable bonds is 0. The maximum absolute atomic E-state index is 4.13. The first-order chi connectivity index (χ1) is 4.47. The summed E-state index contributed by atoms with van der Waals surface area (Å²) < 4.78 is 2.15. The fourth-order valence-corrected chi connectivity index (χ4v) is 1.07. The van der Waals surface area contributed by atoms with E-state index in [1.54, 1.807) is 0 Å². The largest absolute Gasteiger partial charge is 0.331 e. The van der Waals surface area contributed by atoms with Crippen molar-refractivity contribution in [3.8, 4) is 0 Å². The van der Waals surface area contributed by atoms with Gasteiger partial charge in [0.2, 0.25) is 0 Å². The van der Waals surface area contributed by atoms with Gasteiger partial charge < -0.3 is 4.57 Å². The number of aromatic nitrogens is 2. The van der Waals surface area contributed by atoms with Crippen molar-refractivity contribution in [2.45, 2.75) is 13.0 Å². The molecule has 1 aliphatic rings. The van der Waals surface area contributed by atoms with Crippen molar-refractivity contribution in [1.29, 1.82) is 0 Å². The molecule has 0 spiro atoms. The van der Waals surface area contributed by atoms with Crippen LogP contribution in [0.25, 0.3) is 6.08 Å². The van der Waals surface area contributed by atoms with E-state index in [2.05, 4.69) is 21.7 Å². The molecular formula is C7H8N2. The molecule has 0 N–H and O–H groups in total. The molecule has 2 heterocycles. The third-order valence-electron chi connectivity index (χ3n) is 1.55. The van der Waals surface area contributed by atoms with E-state index in [4.69, 9.17) is 0 Å². The van der Waals surface area contributed by atoms with Crippen molar-refractivity contribution < 1.29 is 0 Å². The fraction of sp³-hybridized carbons (Fsp3) is 0.286. The topological polar surface area (TPSA) is 17.8 Å². The van der Waals surface area contributed by atoms with E-state index in [0.29, 0.717) is 0 Å². The molecule has 0 atom stereocenters. The summed E-state index contributed by atoms with van der Waals surface area (Å²) in [7, 11) is 0. The van der Waals surface area contributed by atoms with Gasteiger partial charge in [0, 0.05) is 18.9 Å². The van der Waals surface area contributed by atoms with Gasteiger partial charge in [-0.1, -0.05) is 6.08 Å². The average molecular weight is 120 g/mol. The molecule has 0 aliphatic carbocycles. The van der Waals surface area contributed by atoms with Crippen molar-refractivity contribution in [2.75, 3.05) is 0 Å². The van der Waals surface area contributed by atoms with Gasteiger partial charge in [-0.25, -0.2) is 4.98 Å². The van der Waals surface area contributed by atoms with Gasteiger partial charge in [0.15, 0.2) is 0 Å². The van der Waals surface area contributed by atoms with Crippen LogP contribution in [0, 0.1) is 0 Å². The molecule has 0 bridgehead atoms. The Morgan fingerprint density at radius 1 is 1.56 bits per heavy atom. The SMILES string of the molecule is C1=Cc2nccn2CC1. The molecule has 0 fully saturated rings. The Kier molecular flexibility index (Phi) is 0.918. The molecule has 1 aromatic heterocycles. The van der Waals surface area contributed by atoms with E-state index < -0.39 is 0 Å². The van der Waals surface area contributed by atoms with Crippen molar-refractivity contribution in [3.05, 3.63) is 24.3 Å². The lowest BCUT2D eigenvalue weighted by molar-refractivity contribution is 0.689. The molecule has 0 unspecified atom stereocenters. The quantitative estimate of drug-likeness (QED) is 0.504. The predicted molar refractivity (Wildman–Crippen MR) is 35.9 cm³/mol.